The van der Waals surface area contributed by atoms with Gasteiger partial charge in [-0.3, -0.25) is 4.79 Å². The fourth-order valence-corrected chi connectivity index (χ4v) is 3.88. The first kappa shape index (κ1) is 16.9. The van der Waals surface area contributed by atoms with Crippen molar-refractivity contribution in [1.29, 1.82) is 0 Å². The summed E-state index contributed by atoms with van der Waals surface area (Å²) in [6.07, 6.45) is 2.08. The molecule has 0 unspecified atom stereocenters. The first-order chi connectivity index (χ1) is 10.1. The molecule has 2 rings (SSSR count). The van der Waals surface area contributed by atoms with Gasteiger partial charge in [0.05, 0.1) is 5.75 Å². The Bertz CT molecular complexity index is 491. The Kier molecular flexibility index (Phi) is 6.68. The van der Waals surface area contributed by atoms with E-state index in [2.05, 4.69) is 5.32 Å². The molecule has 1 aliphatic heterocycles. The minimum atomic E-state index is 0.222. The summed E-state index contributed by atoms with van der Waals surface area (Å²) >= 11 is 13.6. The van der Waals surface area contributed by atoms with Gasteiger partial charge >= 0.3 is 0 Å². The van der Waals surface area contributed by atoms with Crippen LogP contribution in [0.4, 0.5) is 0 Å². The minimum Gasteiger partial charge on any atom is -0.342 e. The molecule has 0 spiro atoms. The van der Waals surface area contributed by atoms with Crippen LogP contribution in [-0.2, 0) is 10.5 Å². The van der Waals surface area contributed by atoms with Gasteiger partial charge in [-0.2, -0.15) is 0 Å². The molecule has 1 aliphatic rings. The smallest absolute Gasteiger partial charge is 0.232 e. The van der Waals surface area contributed by atoms with Crippen molar-refractivity contribution in [3.05, 3.63) is 33.8 Å². The number of piperidine rings is 1. The lowest BCUT2D eigenvalue weighted by Crippen LogP contribution is -2.44. The largest absolute Gasteiger partial charge is 0.342 e. The van der Waals surface area contributed by atoms with Crippen LogP contribution in [0.3, 0.4) is 0 Å². The second-order valence-corrected chi connectivity index (χ2v) is 7.00. The molecular formula is C15H20Cl2N2OS. The predicted octanol–water partition coefficient (Wildman–Crippen LogP) is 3.44. The Labute approximate surface area is 140 Å². The maximum Gasteiger partial charge on any atom is 0.232 e. The third-order valence-corrected chi connectivity index (χ3v) is 5.31. The van der Waals surface area contributed by atoms with E-state index in [1.165, 1.54) is 0 Å². The van der Waals surface area contributed by atoms with Gasteiger partial charge in [-0.1, -0.05) is 29.3 Å². The fourth-order valence-electron chi connectivity index (χ4n) is 2.40. The number of benzene rings is 1. The number of rotatable bonds is 5. The van der Waals surface area contributed by atoms with Gasteiger partial charge in [-0.05, 0) is 37.6 Å². The Morgan fingerprint density at radius 3 is 2.71 bits per heavy atom. The number of nitrogens with one attached hydrogen (secondary N) is 1. The highest BCUT2D eigenvalue weighted by Gasteiger charge is 2.21. The van der Waals surface area contributed by atoms with Gasteiger partial charge in [0, 0.05) is 34.9 Å². The highest BCUT2D eigenvalue weighted by molar-refractivity contribution is 7.99. The molecule has 6 heteroatoms. The molecule has 1 N–H and O–H groups in total. The van der Waals surface area contributed by atoms with Crippen molar-refractivity contribution in [3.8, 4) is 0 Å². The Morgan fingerprint density at radius 1 is 1.38 bits per heavy atom. The molecule has 0 bridgehead atoms. The zero-order chi connectivity index (χ0) is 15.2. The first-order valence-corrected chi connectivity index (χ1v) is 8.98. The van der Waals surface area contributed by atoms with Crippen LogP contribution in [0, 0.1) is 0 Å². The predicted molar refractivity (Wildman–Crippen MR) is 91.3 cm³/mol. The number of amides is 1. The zero-order valence-electron chi connectivity index (χ0n) is 12.1. The van der Waals surface area contributed by atoms with Crippen molar-refractivity contribution in [2.75, 3.05) is 25.9 Å². The van der Waals surface area contributed by atoms with Crippen molar-refractivity contribution >= 4 is 40.9 Å². The lowest BCUT2D eigenvalue weighted by molar-refractivity contribution is -0.129. The number of nitrogens with zero attached hydrogens (tertiary/aromatic N) is 1. The third kappa shape index (κ3) is 5.06. The molecule has 1 heterocycles. The summed E-state index contributed by atoms with van der Waals surface area (Å²) < 4.78 is 0. The van der Waals surface area contributed by atoms with Crippen molar-refractivity contribution in [2.24, 2.45) is 0 Å². The van der Waals surface area contributed by atoms with Crippen LogP contribution >= 0.6 is 35.0 Å². The van der Waals surface area contributed by atoms with E-state index in [-0.39, 0.29) is 5.91 Å². The molecule has 0 saturated carbocycles. The van der Waals surface area contributed by atoms with Crippen LogP contribution in [0.25, 0.3) is 0 Å². The van der Waals surface area contributed by atoms with Gasteiger partial charge in [0.25, 0.3) is 0 Å². The van der Waals surface area contributed by atoms with E-state index in [0.717, 1.165) is 37.2 Å². The minimum absolute atomic E-state index is 0.222. The summed E-state index contributed by atoms with van der Waals surface area (Å²) in [5.41, 5.74) is 1.02. The standard InChI is InChI=1S/C15H20Cl2N2OS/c1-18-13-4-6-19(7-5-13)15(20)10-21-9-11-2-3-12(16)8-14(11)17/h2-3,8,13,18H,4-7,9-10H2,1H3. The van der Waals surface area contributed by atoms with Crippen LogP contribution in [0.1, 0.15) is 18.4 Å². The fraction of sp³-hybridized carbons (Fsp3) is 0.533. The van der Waals surface area contributed by atoms with E-state index in [0.29, 0.717) is 21.8 Å². The lowest BCUT2D eigenvalue weighted by atomic mass is 10.1. The molecule has 1 fully saturated rings. The number of likely N-dealkylation sites (tertiary alicyclic amines) is 1. The number of hydrogen-bond donors (Lipinski definition) is 1. The average Bonchev–Trinajstić information content (AvgIpc) is 2.49. The van der Waals surface area contributed by atoms with E-state index in [4.69, 9.17) is 23.2 Å². The normalized spacial score (nSPS) is 16.2. The molecule has 0 radical (unpaired) electrons. The third-order valence-electron chi connectivity index (χ3n) is 3.75. The van der Waals surface area contributed by atoms with Gasteiger partial charge < -0.3 is 10.2 Å². The molecule has 1 amide bonds. The van der Waals surface area contributed by atoms with Crippen molar-refractivity contribution in [3.63, 3.8) is 0 Å². The highest BCUT2D eigenvalue weighted by atomic mass is 35.5. The summed E-state index contributed by atoms with van der Waals surface area (Å²) in [5, 5.41) is 4.57. The topological polar surface area (TPSA) is 32.3 Å². The van der Waals surface area contributed by atoms with Gasteiger partial charge in [-0.25, -0.2) is 0 Å². The molecule has 0 aromatic heterocycles. The Morgan fingerprint density at radius 2 is 2.10 bits per heavy atom. The van der Waals surface area contributed by atoms with E-state index in [1.807, 2.05) is 24.1 Å². The number of hydrogen-bond acceptors (Lipinski definition) is 3. The number of carbonyl (C=O) groups excluding carboxylic acids is 1. The molecular weight excluding hydrogens is 327 g/mol. The lowest BCUT2D eigenvalue weighted by Gasteiger charge is -2.31. The summed E-state index contributed by atoms with van der Waals surface area (Å²) in [5.74, 6) is 1.46. The van der Waals surface area contributed by atoms with Gasteiger partial charge in [-0.15, -0.1) is 11.8 Å². The monoisotopic (exact) mass is 346 g/mol. The first-order valence-electron chi connectivity index (χ1n) is 7.07. The Hall–Kier alpha value is -0.420. The number of halogens is 2. The second-order valence-electron chi connectivity index (χ2n) is 5.17. The van der Waals surface area contributed by atoms with E-state index < -0.39 is 0 Å². The average molecular weight is 347 g/mol. The molecule has 0 atom stereocenters. The maximum absolute atomic E-state index is 12.2. The molecule has 3 nitrogen and oxygen atoms in total. The summed E-state index contributed by atoms with van der Waals surface area (Å²) in [4.78, 5) is 14.1. The zero-order valence-corrected chi connectivity index (χ0v) is 14.4. The number of thioether (sulfide) groups is 1. The highest BCUT2D eigenvalue weighted by Crippen LogP contribution is 2.25. The second kappa shape index (κ2) is 8.28. The van der Waals surface area contributed by atoms with E-state index >= 15 is 0 Å². The van der Waals surface area contributed by atoms with Gasteiger partial charge in [0.15, 0.2) is 0 Å². The summed E-state index contributed by atoms with van der Waals surface area (Å²) in [6, 6.07) is 6.03. The van der Waals surface area contributed by atoms with Crippen molar-refractivity contribution < 1.29 is 4.79 Å². The van der Waals surface area contributed by atoms with Crippen LogP contribution in [-0.4, -0.2) is 42.7 Å². The Balaban J connectivity index is 1.74. The quantitative estimate of drug-likeness (QED) is 0.886. The van der Waals surface area contributed by atoms with Gasteiger partial charge in [0.1, 0.15) is 0 Å². The van der Waals surface area contributed by atoms with Crippen LogP contribution in [0.2, 0.25) is 10.0 Å². The van der Waals surface area contributed by atoms with E-state index in [1.54, 1.807) is 17.8 Å². The molecule has 1 aromatic carbocycles. The SMILES string of the molecule is CNC1CCN(C(=O)CSCc2ccc(Cl)cc2Cl)CC1. The maximum atomic E-state index is 12.2. The van der Waals surface area contributed by atoms with Crippen LogP contribution < -0.4 is 5.32 Å². The molecule has 1 aromatic rings. The van der Waals surface area contributed by atoms with Crippen molar-refractivity contribution in [1.82, 2.24) is 10.2 Å². The van der Waals surface area contributed by atoms with Crippen LogP contribution in [0.15, 0.2) is 18.2 Å². The summed E-state index contributed by atoms with van der Waals surface area (Å²) in [7, 11) is 1.98. The molecule has 0 aliphatic carbocycles. The van der Waals surface area contributed by atoms with Crippen LogP contribution in [0.5, 0.6) is 0 Å². The van der Waals surface area contributed by atoms with Gasteiger partial charge in [0.2, 0.25) is 5.91 Å². The molecule has 1 saturated heterocycles. The molecule has 21 heavy (non-hydrogen) atoms. The summed E-state index contributed by atoms with van der Waals surface area (Å²) in [6.45, 7) is 1.71. The number of carbonyl (C=O) groups is 1. The molecule has 116 valence electrons. The van der Waals surface area contributed by atoms with E-state index in [9.17, 15) is 4.79 Å². The van der Waals surface area contributed by atoms with Crippen molar-refractivity contribution in [2.45, 2.75) is 24.6 Å².